The summed E-state index contributed by atoms with van der Waals surface area (Å²) in [6.45, 7) is 11.1. The maximum Gasteiger partial charge on any atom is 0.435 e. The van der Waals surface area contributed by atoms with Gasteiger partial charge in [0.05, 0.1) is 11.8 Å². The van der Waals surface area contributed by atoms with Gasteiger partial charge in [-0.05, 0) is 118 Å². The smallest absolute Gasteiger partial charge is 0.393 e. The lowest BCUT2D eigenvalue weighted by Gasteiger charge is -2.61. The molecule has 2 unspecified atom stereocenters. The van der Waals surface area contributed by atoms with Crippen LogP contribution in [0.25, 0.3) is 0 Å². The number of hydrogen-bond acceptors (Lipinski definition) is 5. The van der Waals surface area contributed by atoms with E-state index in [1.54, 1.807) is 4.90 Å². The molecule has 5 rings (SSSR count). The van der Waals surface area contributed by atoms with Gasteiger partial charge in [0.15, 0.2) is 0 Å². The monoisotopic (exact) mass is 487 g/mol. The van der Waals surface area contributed by atoms with E-state index in [0.717, 1.165) is 55.7 Å². The molecular formula is C29H49N3O3. The third-order valence-electron chi connectivity index (χ3n) is 11.9. The van der Waals surface area contributed by atoms with Crippen LogP contribution in [-0.2, 0) is 4.84 Å². The average Bonchev–Trinajstić information content (AvgIpc) is 3.39. The van der Waals surface area contributed by atoms with Crippen LogP contribution in [0.1, 0.15) is 91.9 Å². The topological polar surface area (TPSA) is 74.2 Å². The van der Waals surface area contributed by atoms with E-state index in [4.69, 9.17) is 4.84 Å². The first-order valence-corrected chi connectivity index (χ1v) is 14.5. The summed E-state index contributed by atoms with van der Waals surface area (Å²) in [4.78, 5) is 19.8. The van der Waals surface area contributed by atoms with Crippen molar-refractivity contribution in [1.82, 2.24) is 10.2 Å². The van der Waals surface area contributed by atoms with Crippen molar-refractivity contribution >= 4 is 11.8 Å². The van der Waals surface area contributed by atoms with Crippen molar-refractivity contribution in [2.45, 2.75) is 104 Å². The number of carbonyl (C=O) groups excluding carboxylic acids is 1. The van der Waals surface area contributed by atoms with Crippen molar-refractivity contribution in [2.75, 3.05) is 20.1 Å². The van der Waals surface area contributed by atoms with Crippen LogP contribution in [0.3, 0.4) is 0 Å². The molecule has 0 aromatic heterocycles. The molecule has 5 aliphatic rings. The van der Waals surface area contributed by atoms with Gasteiger partial charge >= 0.3 is 6.09 Å². The third-order valence-corrected chi connectivity index (χ3v) is 11.9. The number of aliphatic hydroxyl groups is 1. The zero-order valence-corrected chi connectivity index (χ0v) is 22.8. The minimum absolute atomic E-state index is 0.0761. The molecule has 1 aliphatic heterocycles. The molecule has 0 bridgehead atoms. The fraction of sp³-hybridized carbons (Fsp3) is 0.931. The fourth-order valence-electron chi connectivity index (χ4n) is 9.68. The SMILES string of the molecule is C/C(=N\OC(=O)N(C)CC1NCCC1C)[C@H]1CC[C@H]2[C@@H]3CC[C@@H]4C[C@@H](O)CC[C@]4(C)[C@H]3CC[C@]12C. The average molecular weight is 488 g/mol. The van der Waals surface area contributed by atoms with Gasteiger partial charge in [-0.2, -0.15) is 0 Å². The number of likely N-dealkylation sites (N-methyl/N-ethyl adjacent to an activating group) is 1. The lowest BCUT2D eigenvalue weighted by Crippen LogP contribution is -2.54. The highest BCUT2D eigenvalue weighted by Crippen LogP contribution is 2.67. The highest BCUT2D eigenvalue weighted by atomic mass is 16.7. The second kappa shape index (κ2) is 9.63. The zero-order valence-electron chi connectivity index (χ0n) is 22.8. The Labute approximate surface area is 212 Å². The van der Waals surface area contributed by atoms with Gasteiger partial charge in [-0.15, -0.1) is 0 Å². The number of nitrogens with one attached hydrogen (secondary N) is 1. The summed E-state index contributed by atoms with van der Waals surface area (Å²) in [5, 5.41) is 18.2. The summed E-state index contributed by atoms with van der Waals surface area (Å²) in [6.07, 6.45) is 11.6. The van der Waals surface area contributed by atoms with Gasteiger partial charge in [-0.1, -0.05) is 25.9 Å². The second-order valence-corrected chi connectivity index (χ2v) is 13.6. The van der Waals surface area contributed by atoms with E-state index in [-0.39, 0.29) is 17.6 Å². The molecule has 1 amide bonds. The minimum atomic E-state index is -0.348. The number of rotatable bonds is 4. The number of fused-ring (bicyclic) bond motifs is 5. The van der Waals surface area contributed by atoms with E-state index in [1.807, 2.05) is 7.05 Å². The number of hydrogen-bond donors (Lipinski definition) is 2. The van der Waals surface area contributed by atoms with Crippen molar-refractivity contribution in [2.24, 2.45) is 51.5 Å². The van der Waals surface area contributed by atoms with Gasteiger partial charge in [-0.3, -0.25) is 4.84 Å². The molecule has 1 saturated heterocycles. The van der Waals surface area contributed by atoms with E-state index in [2.05, 4.69) is 38.2 Å². The fourth-order valence-corrected chi connectivity index (χ4v) is 9.68. The van der Waals surface area contributed by atoms with E-state index < -0.39 is 0 Å². The van der Waals surface area contributed by atoms with Crippen LogP contribution >= 0.6 is 0 Å². The van der Waals surface area contributed by atoms with Crippen LogP contribution < -0.4 is 5.32 Å². The van der Waals surface area contributed by atoms with Crippen molar-refractivity contribution in [3.63, 3.8) is 0 Å². The van der Waals surface area contributed by atoms with Gasteiger partial charge in [0, 0.05) is 25.6 Å². The summed E-state index contributed by atoms with van der Waals surface area (Å²) < 4.78 is 0. The molecule has 5 fully saturated rings. The molecule has 0 radical (unpaired) electrons. The summed E-state index contributed by atoms with van der Waals surface area (Å²) in [7, 11) is 1.81. The highest BCUT2D eigenvalue weighted by molar-refractivity contribution is 5.85. The van der Waals surface area contributed by atoms with Crippen molar-refractivity contribution in [3.8, 4) is 0 Å². The summed E-state index contributed by atoms with van der Waals surface area (Å²) >= 11 is 0. The van der Waals surface area contributed by atoms with Crippen molar-refractivity contribution in [1.29, 1.82) is 0 Å². The highest BCUT2D eigenvalue weighted by Gasteiger charge is 2.60. The van der Waals surface area contributed by atoms with Crippen LogP contribution in [0.5, 0.6) is 0 Å². The summed E-state index contributed by atoms with van der Waals surface area (Å²) in [5.74, 6) is 4.04. The first-order chi connectivity index (χ1) is 16.6. The predicted octanol–water partition coefficient (Wildman–Crippen LogP) is 5.45. The molecule has 35 heavy (non-hydrogen) atoms. The Balaban J connectivity index is 1.23. The van der Waals surface area contributed by atoms with E-state index >= 15 is 0 Å². The van der Waals surface area contributed by atoms with Gasteiger partial charge in [-0.25, -0.2) is 4.79 Å². The van der Waals surface area contributed by atoms with Crippen LogP contribution in [0, 0.1) is 46.3 Å². The van der Waals surface area contributed by atoms with E-state index in [0.29, 0.717) is 35.8 Å². The first kappa shape index (κ1) is 25.5. The Hall–Kier alpha value is -1.14. The minimum Gasteiger partial charge on any atom is -0.393 e. The second-order valence-electron chi connectivity index (χ2n) is 13.6. The normalized spacial score (nSPS) is 47.5. The van der Waals surface area contributed by atoms with E-state index in [9.17, 15) is 9.90 Å². The van der Waals surface area contributed by atoms with Gasteiger partial charge < -0.3 is 15.3 Å². The lowest BCUT2D eigenvalue weighted by atomic mass is 9.44. The Morgan fingerprint density at radius 3 is 2.54 bits per heavy atom. The number of oxime groups is 1. The largest absolute Gasteiger partial charge is 0.435 e. The van der Waals surface area contributed by atoms with Crippen molar-refractivity contribution in [3.05, 3.63) is 0 Å². The predicted molar refractivity (Wildman–Crippen MR) is 139 cm³/mol. The molecule has 2 N–H and O–H groups in total. The molecule has 1 heterocycles. The molecular weight excluding hydrogens is 438 g/mol. The van der Waals surface area contributed by atoms with E-state index in [1.165, 1.54) is 38.5 Å². The summed E-state index contributed by atoms with van der Waals surface area (Å²) in [5.41, 5.74) is 1.67. The molecule has 6 heteroatoms. The van der Waals surface area contributed by atoms with Crippen LogP contribution in [-0.4, -0.2) is 54.1 Å². The standard InChI is InChI=1S/C29H49N3O3/c1-18-12-15-30-26(18)17-32(5)27(34)35-31-19(2)23-8-9-24-22-7-6-20-16-21(33)10-13-28(20,3)25(22)11-14-29(23,24)4/h18,20-26,30,33H,6-17H2,1-5H3/b31-19+/t18?,20-,21+,22+,23-,24+,25+,26?,28+,29-/m1/s1. The lowest BCUT2D eigenvalue weighted by molar-refractivity contribution is -0.123. The van der Waals surface area contributed by atoms with Crippen LogP contribution in [0.4, 0.5) is 4.79 Å². The Morgan fingerprint density at radius 2 is 1.80 bits per heavy atom. The molecule has 4 aliphatic carbocycles. The Bertz CT molecular complexity index is 832. The number of aliphatic hydroxyl groups excluding tert-OH is 1. The van der Waals surface area contributed by atoms with Crippen LogP contribution in [0.2, 0.25) is 0 Å². The summed E-state index contributed by atoms with van der Waals surface area (Å²) in [6, 6.07) is 0.340. The van der Waals surface area contributed by atoms with Gasteiger partial charge in [0.25, 0.3) is 0 Å². The molecule has 0 aromatic carbocycles. The first-order valence-electron chi connectivity index (χ1n) is 14.5. The maximum atomic E-state index is 12.7. The molecule has 0 aromatic rings. The molecule has 4 saturated carbocycles. The number of carbonyl (C=O) groups is 1. The van der Waals surface area contributed by atoms with Gasteiger partial charge in [0.1, 0.15) is 0 Å². The zero-order chi connectivity index (χ0) is 25.0. The third kappa shape index (κ3) is 4.45. The maximum absolute atomic E-state index is 12.7. The number of amides is 1. The quantitative estimate of drug-likeness (QED) is 0.314. The van der Waals surface area contributed by atoms with Gasteiger partial charge in [0.2, 0.25) is 0 Å². The molecule has 10 atom stereocenters. The Kier molecular flexibility index (Phi) is 7.02. The molecule has 6 nitrogen and oxygen atoms in total. The van der Waals surface area contributed by atoms with Crippen molar-refractivity contribution < 1.29 is 14.7 Å². The van der Waals surface area contributed by atoms with Crippen LogP contribution in [0.15, 0.2) is 5.16 Å². The molecule has 0 spiro atoms. The number of nitrogens with zero attached hydrogens (tertiary/aromatic N) is 2. The molecule has 198 valence electrons. The Morgan fingerprint density at radius 1 is 1.06 bits per heavy atom.